The topological polar surface area (TPSA) is 54.2 Å². The molecule has 0 radical (unpaired) electrons. The van der Waals surface area contributed by atoms with Crippen molar-refractivity contribution in [2.45, 2.75) is 58.3 Å². The lowest BCUT2D eigenvalue weighted by Crippen LogP contribution is -2.42. The van der Waals surface area contributed by atoms with Crippen LogP contribution in [0.3, 0.4) is 0 Å². The maximum atomic E-state index is 12.9. The monoisotopic (exact) mass is 333 g/mol. The van der Waals surface area contributed by atoms with E-state index in [1.807, 2.05) is 6.92 Å². The number of hydrogen-bond donors (Lipinski definition) is 2. The molecule has 1 aromatic heterocycles. The minimum absolute atomic E-state index is 0.0179. The van der Waals surface area contributed by atoms with Gasteiger partial charge in [0.25, 0.3) is 0 Å². The average Bonchev–Trinajstić information content (AvgIpc) is 2.85. The SMILES string of the molecule is CCCCCC(C)NC(=NC)NCc1cn(C)nc1C(F)(F)F. The average molecular weight is 333 g/mol. The van der Waals surface area contributed by atoms with Crippen molar-refractivity contribution in [3.63, 3.8) is 0 Å². The summed E-state index contributed by atoms with van der Waals surface area (Å²) in [6, 6.07) is 0.212. The summed E-state index contributed by atoms with van der Waals surface area (Å²) in [7, 11) is 3.07. The Kier molecular flexibility index (Phi) is 7.38. The van der Waals surface area contributed by atoms with Gasteiger partial charge in [-0.05, 0) is 13.3 Å². The molecule has 23 heavy (non-hydrogen) atoms. The van der Waals surface area contributed by atoms with Gasteiger partial charge in [0.1, 0.15) is 0 Å². The van der Waals surface area contributed by atoms with E-state index in [9.17, 15) is 13.2 Å². The Hall–Kier alpha value is -1.73. The van der Waals surface area contributed by atoms with Crippen molar-refractivity contribution >= 4 is 5.96 Å². The number of rotatable bonds is 7. The van der Waals surface area contributed by atoms with Crippen LogP contribution in [0.2, 0.25) is 0 Å². The first kappa shape index (κ1) is 19.3. The van der Waals surface area contributed by atoms with E-state index in [2.05, 4.69) is 27.6 Å². The van der Waals surface area contributed by atoms with Gasteiger partial charge in [-0.15, -0.1) is 0 Å². The first-order chi connectivity index (χ1) is 10.8. The van der Waals surface area contributed by atoms with Crippen LogP contribution in [0.1, 0.15) is 50.8 Å². The van der Waals surface area contributed by atoms with Crippen LogP contribution in [0, 0.1) is 0 Å². The number of aliphatic imine (C=N–C) groups is 1. The number of nitrogens with zero attached hydrogens (tertiary/aromatic N) is 3. The smallest absolute Gasteiger partial charge is 0.354 e. The van der Waals surface area contributed by atoms with Crippen molar-refractivity contribution in [2.75, 3.05) is 7.05 Å². The van der Waals surface area contributed by atoms with Gasteiger partial charge >= 0.3 is 6.18 Å². The molecule has 0 saturated heterocycles. The third kappa shape index (κ3) is 6.50. The number of alkyl halides is 3. The zero-order valence-corrected chi connectivity index (χ0v) is 14.2. The number of halogens is 3. The molecule has 0 bridgehead atoms. The van der Waals surface area contributed by atoms with Gasteiger partial charge in [-0.1, -0.05) is 26.2 Å². The van der Waals surface area contributed by atoms with Gasteiger partial charge in [-0.3, -0.25) is 9.67 Å². The normalized spacial score (nSPS) is 14.0. The highest BCUT2D eigenvalue weighted by molar-refractivity contribution is 5.79. The summed E-state index contributed by atoms with van der Waals surface area (Å²) in [5.41, 5.74) is -0.763. The van der Waals surface area contributed by atoms with Crippen molar-refractivity contribution in [1.82, 2.24) is 20.4 Å². The lowest BCUT2D eigenvalue weighted by molar-refractivity contribution is -0.142. The van der Waals surface area contributed by atoms with Crippen LogP contribution in [0.25, 0.3) is 0 Å². The number of aromatic nitrogens is 2. The standard InChI is InChI=1S/C15H26F3N5/c1-5-6-7-8-11(2)21-14(19-3)20-9-12-10-23(4)22-13(12)15(16,17)18/h10-11H,5-9H2,1-4H3,(H2,19,20,21). The van der Waals surface area contributed by atoms with E-state index in [1.165, 1.54) is 24.3 Å². The van der Waals surface area contributed by atoms with Gasteiger partial charge in [0.2, 0.25) is 0 Å². The molecule has 5 nitrogen and oxygen atoms in total. The molecule has 0 fully saturated rings. The fraction of sp³-hybridized carbons (Fsp3) is 0.733. The Balaban J connectivity index is 2.59. The highest BCUT2D eigenvalue weighted by atomic mass is 19.4. The second-order valence-corrected chi connectivity index (χ2v) is 5.64. The van der Waals surface area contributed by atoms with Crippen LogP contribution < -0.4 is 10.6 Å². The van der Waals surface area contributed by atoms with Crippen LogP contribution in [-0.4, -0.2) is 28.8 Å². The van der Waals surface area contributed by atoms with E-state index >= 15 is 0 Å². The number of guanidine groups is 1. The number of aryl methyl sites for hydroxylation is 1. The summed E-state index contributed by atoms with van der Waals surface area (Å²) in [6.07, 6.45) is 1.35. The fourth-order valence-electron chi connectivity index (χ4n) is 2.29. The lowest BCUT2D eigenvalue weighted by Gasteiger charge is -2.18. The molecule has 0 amide bonds. The molecule has 0 aliphatic heterocycles. The van der Waals surface area contributed by atoms with Gasteiger partial charge in [-0.2, -0.15) is 18.3 Å². The van der Waals surface area contributed by atoms with Crippen LogP contribution in [-0.2, 0) is 19.8 Å². The van der Waals surface area contributed by atoms with E-state index in [1.54, 1.807) is 7.05 Å². The molecule has 0 saturated carbocycles. The van der Waals surface area contributed by atoms with Crippen molar-refractivity contribution in [3.05, 3.63) is 17.5 Å². The minimum Gasteiger partial charge on any atom is -0.354 e. The summed E-state index contributed by atoms with van der Waals surface area (Å²) in [6.45, 7) is 4.20. The zero-order chi connectivity index (χ0) is 17.5. The molecule has 1 unspecified atom stereocenters. The van der Waals surface area contributed by atoms with Crippen LogP contribution in [0.5, 0.6) is 0 Å². The molecule has 0 aromatic carbocycles. The second-order valence-electron chi connectivity index (χ2n) is 5.64. The van der Waals surface area contributed by atoms with Crippen molar-refractivity contribution in [2.24, 2.45) is 12.0 Å². The Labute approximate surface area is 135 Å². The molecular weight excluding hydrogens is 307 g/mol. The molecule has 132 valence electrons. The van der Waals surface area contributed by atoms with Gasteiger partial charge in [0.15, 0.2) is 11.7 Å². The molecule has 1 aromatic rings. The fourth-order valence-corrected chi connectivity index (χ4v) is 2.29. The second kappa shape index (κ2) is 8.79. The van der Waals surface area contributed by atoms with Gasteiger partial charge in [0, 0.05) is 38.4 Å². The first-order valence-electron chi connectivity index (χ1n) is 7.84. The summed E-state index contributed by atoms with van der Waals surface area (Å²) >= 11 is 0. The van der Waals surface area contributed by atoms with E-state index in [-0.39, 0.29) is 18.2 Å². The van der Waals surface area contributed by atoms with Crippen molar-refractivity contribution in [1.29, 1.82) is 0 Å². The van der Waals surface area contributed by atoms with Crippen LogP contribution in [0.15, 0.2) is 11.2 Å². The van der Waals surface area contributed by atoms with E-state index < -0.39 is 11.9 Å². The van der Waals surface area contributed by atoms with Crippen molar-refractivity contribution < 1.29 is 13.2 Å². The minimum atomic E-state index is -4.46. The van der Waals surface area contributed by atoms with Crippen LogP contribution >= 0.6 is 0 Å². The van der Waals surface area contributed by atoms with E-state index in [0.29, 0.717) is 5.96 Å². The maximum absolute atomic E-state index is 12.9. The Morgan fingerprint density at radius 2 is 2.09 bits per heavy atom. The molecule has 0 aliphatic carbocycles. The largest absolute Gasteiger partial charge is 0.435 e. The summed E-state index contributed by atoms with van der Waals surface area (Å²) in [5.74, 6) is 0.492. The lowest BCUT2D eigenvalue weighted by atomic mass is 10.1. The van der Waals surface area contributed by atoms with Gasteiger partial charge in [0.05, 0.1) is 0 Å². The molecule has 0 aliphatic rings. The molecule has 1 atom stereocenters. The predicted molar refractivity (Wildman–Crippen MR) is 85.1 cm³/mol. The summed E-state index contributed by atoms with van der Waals surface area (Å²) in [4.78, 5) is 4.06. The highest BCUT2D eigenvalue weighted by Crippen LogP contribution is 2.30. The molecule has 2 N–H and O–H groups in total. The van der Waals surface area contributed by atoms with Gasteiger partial charge in [-0.25, -0.2) is 0 Å². The third-order valence-electron chi connectivity index (χ3n) is 3.47. The molecule has 1 heterocycles. The quantitative estimate of drug-likeness (QED) is 0.458. The molecule has 8 heteroatoms. The number of unbranched alkanes of at least 4 members (excludes halogenated alkanes) is 2. The van der Waals surface area contributed by atoms with Gasteiger partial charge < -0.3 is 10.6 Å². The Morgan fingerprint density at radius 1 is 1.39 bits per heavy atom. The zero-order valence-electron chi connectivity index (χ0n) is 14.2. The number of nitrogens with one attached hydrogen (secondary N) is 2. The number of hydrogen-bond acceptors (Lipinski definition) is 2. The van der Waals surface area contributed by atoms with Crippen molar-refractivity contribution in [3.8, 4) is 0 Å². The van der Waals surface area contributed by atoms with E-state index in [0.717, 1.165) is 19.3 Å². The summed E-state index contributed by atoms with van der Waals surface area (Å²) in [5, 5.41) is 9.60. The Bertz CT molecular complexity index is 508. The summed E-state index contributed by atoms with van der Waals surface area (Å²) < 4.78 is 39.9. The predicted octanol–water partition coefficient (Wildman–Crippen LogP) is 3.07. The molecule has 1 rings (SSSR count). The van der Waals surface area contributed by atoms with Crippen LogP contribution in [0.4, 0.5) is 13.2 Å². The molecular formula is C15H26F3N5. The third-order valence-corrected chi connectivity index (χ3v) is 3.47. The molecule has 0 spiro atoms. The Morgan fingerprint density at radius 3 is 2.65 bits per heavy atom. The first-order valence-corrected chi connectivity index (χ1v) is 7.84. The maximum Gasteiger partial charge on any atom is 0.435 e. The highest BCUT2D eigenvalue weighted by Gasteiger charge is 2.36. The van der Waals surface area contributed by atoms with E-state index in [4.69, 9.17) is 0 Å².